The van der Waals surface area contributed by atoms with Gasteiger partial charge in [0.15, 0.2) is 0 Å². The van der Waals surface area contributed by atoms with Gasteiger partial charge in [-0.3, -0.25) is 4.79 Å². The van der Waals surface area contributed by atoms with Crippen LogP contribution >= 0.6 is 23.1 Å². The van der Waals surface area contributed by atoms with Gasteiger partial charge >= 0.3 is 5.97 Å². The minimum absolute atomic E-state index is 0.497. The molecular weight excluding hydrogens is 232 g/mol. The molecule has 0 spiro atoms. The first-order valence-corrected chi connectivity index (χ1v) is 6.02. The lowest BCUT2D eigenvalue weighted by Gasteiger charge is -2.05. The molecule has 0 aliphatic heterocycles. The minimum Gasteiger partial charge on any atom is -0.480 e. The summed E-state index contributed by atoms with van der Waals surface area (Å²) in [5, 5.41) is 11.9. The van der Waals surface area contributed by atoms with Crippen molar-refractivity contribution in [3.63, 3.8) is 0 Å². The summed E-state index contributed by atoms with van der Waals surface area (Å²) in [7, 11) is 0. The molecule has 1 atom stereocenters. The molecule has 15 heavy (non-hydrogen) atoms. The lowest BCUT2D eigenvalue weighted by atomic mass is 10.4. The first-order valence-electron chi connectivity index (χ1n) is 4.26. The van der Waals surface area contributed by atoms with Crippen molar-refractivity contribution >= 4 is 39.3 Å². The van der Waals surface area contributed by atoms with Gasteiger partial charge in [0.1, 0.15) is 21.4 Å². The standard InChI is InChI=1S/C9H8N2O2S2/c1-5(9(12)13)15-8-6-2-3-14-7(6)10-4-11-8/h2-5H,1H3,(H,12,13). The van der Waals surface area contributed by atoms with Gasteiger partial charge in [0.25, 0.3) is 0 Å². The molecule has 2 heterocycles. The fourth-order valence-corrected chi connectivity index (χ4v) is 2.71. The molecule has 0 amide bonds. The molecule has 1 N–H and O–H groups in total. The maximum Gasteiger partial charge on any atom is 0.316 e. The van der Waals surface area contributed by atoms with E-state index in [1.807, 2.05) is 11.4 Å². The van der Waals surface area contributed by atoms with Crippen LogP contribution in [0.1, 0.15) is 6.92 Å². The summed E-state index contributed by atoms with van der Waals surface area (Å²) >= 11 is 2.77. The summed E-state index contributed by atoms with van der Waals surface area (Å²) in [6.45, 7) is 1.65. The van der Waals surface area contributed by atoms with Gasteiger partial charge in [-0.2, -0.15) is 0 Å². The van der Waals surface area contributed by atoms with Crippen LogP contribution in [0, 0.1) is 0 Å². The molecule has 0 radical (unpaired) electrons. The van der Waals surface area contributed by atoms with Crippen LogP contribution < -0.4 is 0 Å². The Morgan fingerprint density at radius 3 is 3.13 bits per heavy atom. The summed E-state index contributed by atoms with van der Waals surface area (Å²) in [5.74, 6) is -0.831. The van der Waals surface area contributed by atoms with Gasteiger partial charge < -0.3 is 5.11 Å². The average Bonchev–Trinajstić information content (AvgIpc) is 2.66. The normalized spacial score (nSPS) is 12.9. The molecule has 2 rings (SSSR count). The minimum atomic E-state index is -0.831. The molecule has 0 fully saturated rings. The predicted octanol–water partition coefficient (Wildman–Crippen LogP) is 2.26. The Bertz CT molecular complexity index is 498. The number of nitrogens with zero attached hydrogens (tertiary/aromatic N) is 2. The molecule has 4 nitrogen and oxygen atoms in total. The van der Waals surface area contributed by atoms with E-state index in [2.05, 4.69) is 9.97 Å². The van der Waals surface area contributed by atoms with E-state index in [1.54, 1.807) is 6.92 Å². The third-order valence-electron chi connectivity index (χ3n) is 1.86. The van der Waals surface area contributed by atoms with Crippen molar-refractivity contribution in [3.05, 3.63) is 17.8 Å². The summed E-state index contributed by atoms with van der Waals surface area (Å²) in [4.78, 5) is 19.8. The maximum atomic E-state index is 10.7. The van der Waals surface area contributed by atoms with E-state index in [-0.39, 0.29) is 0 Å². The number of carboxylic acids is 1. The van der Waals surface area contributed by atoms with Crippen molar-refractivity contribution in [2.75, 3.05) is 0 Å². The number of carbonyl (C=O) groups is 1. The second-order valence-corrected chi connectivity index (χ2v) is 5.14. The van der Waals surface area contributed by atoms with Gasteiger partial charge in [-0.05, 0) is 18.4 Å². The zero-order valence-electron chi connectivity index (χ0n) is 7.88. The number of thiophene rings is 1. The molecular formula is C9H8N2O2S2. The van der Waals surface area contributed by atoms with Crippen molar-refractivity contribution in [2.45, 2.75) is 17.2 Å². The van der Waals surface area contributed by atoms with E-state index >= 15 is 0 Å². The monoisotopic (exact) mass is 240 g/mol. The van der Waals surface area contributed by atoms with Crippen LogP contribution in [0.15, 0.2) is 22.8 Å². The number of carboxylic acid groups (broad SMARTS) is 1. The molecule has 0 aromatic carbocycles. The zero-order valence-corrected chi connectivity index (χ0v) is 9.51. The van der Waals surface area contributed by atoms with Gasteiger partial charge in [0.05, 0.1) is 0 Å². The first kappa shape index (κ1) is 10.4. The largest absolute Gasteiger partial charge is 0.480 e. The third kappa shape index (κ3) is 2.10. The Morgan fingerprint density at radius 2 is 2.40 bits per heavy atom. The van der Waals surface area contributed by atoms with Crippen LogP contribution in [-0.2, 0) is 4.79 Å². The van der Waals surface area contributed by atoms with E-state index in [0.717, 1.165) is 15.2 Å². The van der Waals surface area contributed by atoms with Crippen molar-refractivity contribution in [1.29, 1.82) is 0 Å². The van der Waals surface area contributed by atoms with Gasteiger partial charge in [0.2, 0.25) is 0 Å². The second kappa shape index (κ2) is 4.16. The molecule has 6 heteroatoms. The first-order chi connectivity index (χ1) is 7.18. The van der Waals surface area contributed by atoms with Crippen LogP contribution in [0.5, 0.6) is 0 Å². The maximum absolute atomic E-state index is 10.7. The van der Waals surface area contributed by atoms with Gasteiger partial charge in [-0.25, -0.2) is 9.97 Å². The Labute approximate surface area is 94.4 Å². The van der Waals surface area contributed by atoms with Gasteiger partial charge in [-0.15, -0.1) is 11.3 Å². The zero-order chi connectivity index (χ0) is 10.8. The Morgan fingerprint density at radius 1 is 1.60 bits per heavy atom. The molecule has 0 aliphatic carbocycles. The molecule has 1 unspecified atom stereocenters. The molecule has 78 valence electrons. The van der Waals surface area contributed by atoms with Crippen LogP contribution in [0.3, 0.4) is 0 Å². The second-order valence-electron chi connectivity index (χ2n) is 2.92. The number of fused-ring (bicyclic) bond motifs is 1. The van der Waals surface area contributed by atoms with E-state index in [9.17, 15) is 4.79 Å². The number of rotatable bonds is 3. The van der Waals surface area contributed by atoms with E-state index in [4.69, 9.17) is 5.11 Å². The van der Waals surface area contributed by atoms with Crippen LogP contribution in [0.25, 0.3) is 10.2 Å². The Hall–Kier alpha value is -1.14. The predicted molar refractivity (Wildman–Crippen MR) is 60.4 cm³/mol. The molecule has 0 saturated heterocycles. The van der Waals surface area contributed by atoms with Crippen molar-refractivity contribution in [2.24, 2.45) is 0 Å². The lowest BCUT2D eigenvalue weighted by molar-refractivity contribution is -0.136. The van der Waals surface area contributed by atoms with E-state index in [0.29, 0.717) is 0 Å². The molecule has 2 aromatic heterocycles. The highest BCUT2D eigenvalue weighted by Gasteiger charge is 2.15. The van der Waals surface area contributed by atoms with Crippen LogP contribution in [0.4, 0.5) is 0 Å². The number of hydrogen-bond donors (Lipinski definition) is 1. The Kier molecular flexibility index (Phi) is 2.88. The SMILES string of the molecule is CC(Sc1ncnc2sccc12)C(=O)O. The number of aromatic nitrogens is 2. The molecule has 2 aromatic rings. The smallest absolute Gasteiger partial charge is 0.316 e. The lowest BCUT2D eigenvalue weighted by Crippen LogP contribution is -2.11. The summed E-state index contributed by atoms with van der Waals surface area (Å²) in [6.07, 6.45) is 1.47. The molecule has 0 aliphatic rings. The number of aliphatic carboxylic acids is 1. The van der Waals surface area contributed by atoms with Crippen LogP contribution in [-0.4, -0.2) is 26.3 Å². The summed E-state index contributed by atoms with van der Waals surface area (Å²) in [5.41, 5.74) is 0. The molecule has 0 saturated carbocycles. The fraction of sp³-hybridized carbons (Fsp3) is 0.222. The van der Waals surface area contributed by atoms with Gasteiger partial charge in [0, 0.05) is 5.39 Å². The van der Waals surface area contributed by atoms with Gasteiger partial charge in [-0.1, -0.05) is 11.8 Å². The average molecular weight is 240 g/mol. The van der Waals surface area contributed by atoms with Crippen molar-refractivity contribution in [1.82, 2.24) is 9.97 Å². The Balaban J connectivity index is 2.35. The highest BCUT2D eigenvalue weighted by Crippen LogP contribution is 2.30. The highest BCUT2D eigenvalue weighted by atomic mass is 32.2. The third-order valence-corrected chi connectivity index (χ3v) is 3.79. The van der Waals surface area contributed by atoms with Crippen molar-refractivity contribution in [3.8, 4) is 0 Å². The highest BCUT2D eigenvalue weighted by molar-refractivity contribution is 8.00. The molecule has 0 bridgehead atoms. The quantitative estimate of drug-likeness (QED) is 0.658. The number of thioether (sulfide) groups is 1. The number of hydrogen-bond acceptors (Lipinski definition) is 5. The van der Waals surface area contributed by atoms with E-state index in [1.165, 1.54) is 29.4 Å². The summed E-state index contributed by atoms with van der Waals surface area (Å²) in [6, 6.07) is 1.91. The van der Waals surface area contributed by atoms with Crippen molar-refractivity contribution < 1.29 is 9.90 Å². The van der Waals surface area contributed by atoms with E-state index < -0.39 is 11.2 Å². The fourth-order valence-electron chi connectivity index (χ4n) is 1.08. The summed E-state index contributed by atoms with van der Waals surface area (Å²) < 4.78 is 0. The van der Waals surface area contributed by atoms with Crippen LogP contribution in [0.2, 0.25) is 0 Å². The topological polar surface area (TPSA) is 63.1 Å².